The standard InChI is InChI=1S/C16H12Cl2N2O2S2/c1-22-10-4-2-9(3-5-10)6-14(21)20-16-19-12(8-23-16)11-7-13(17)24-15(11)18/h2-5,7-8H,6H2,1H3,(H,19,20,21). The minimum absolute atomic E-state index is 0.129. The Balaban J connectivity index is 1.65. The fourth-order valence-corrected chi connectivity index (χ4v) is 4.27. The fraction of sp³-hybridized carbons (Fsp3) is 0.125. The molecule has 0 fully saturated rings. The van der Waals surface area contributed by atoms with Gasteiger partial charge in [0.1, 0.15) is 10.1 Å². The summed E-state index contributed by atoms with van der Waals surface area (Å²) in [7, 11) is 1.61. The molecule has 1 N–H and O–H groups in total. The second kappa shape index (κ2) is 7.53. The summed E-state index contributed by atoms with van der Waals surface area (Å²) in [5.41, 5.74) is 2.38. The molecule has 0 aliphatic heterocycles. The third-order valence-corrected chi connectivity index (χ3v) is 5.45. The molecular formula is C16H12Cl2N2O2S2. The van der Waals surface area contributed by atoms with Crippen molar-refractivity contribution in [3.63, 3.8) is 0 Å². The number of hydrogen-bond acceptors (Lipinski definition) is 5. The molecule has 3 rings (SSSR count). The van der Waals surface area contributed by atoms with Gasteiger partial charge < -0.3 is 10.1 Å². The first kappa shape index (κ1) is 17.2. The molecule has 0 spiro atoms. The van der Waals surface area contributed by atoms with Crippen LogP contribution >= 0.6 is 45.9 Å². The molecule has 24 heavy (non-hydrogen) atoms. The number of carbonyl (C=O) groups excluding carboxylic acids is 1. The summed E-state index contributed by atoms with van der Waals surface area (Å²) in [5.74, 6) is 0.630. The van der Waals surface area contributed by atoms with E-state index in [1.165, 1.54) is 22.7 Å². The summed E-state index contributed by atoms with van der Waals surface area (Å²) in [6.07, 6.45) is 0.268. The summed E-state index contributed by atoms with van der Waals surface area (Å²) in [6, 6.07) is 9.14. The molecule has 124 valence electrons. The summed E-state index contributed by atoms with van der Waals surface area (Å²) < 4.78 is 6.29. The van der Waals surface area contributed by atoms with E-state index in [4.69, 9.17) is 27.9 Å². The highest BCUT2D eigenvalue weighted by molar-refractivity contribution is 7.20. The lowest BCUT2D eigenvalue weighted by Crippen LogP contribution is -2.14. The Bertz CT molecular complexity index is 859. The largest absolute Gasteiger partial charge is 0.497 e. The zero-order chi connectivity index (χ0) is 17.1. The van der Waals surface area contributed by atoms with E-state index >= 15 is 0 Å². The molecule has 0 saturated carbocycles. The number of carbonyl (C=O) groups is 1. The Morgan fingerprint density at radius 1 is 1.29 bits per heavy atom. The lowest BCUT2D eigenvalue weighted by molar-refractivity contribution is -0.115. The van der Waals surface area contributed by atoms with E-state index in [0.717, 1.165) is 16.9 Å². The van der Waals surface area contributed by atoms with Crippen LogP contribution in [-0.4, -0.2) is 18.0 Å². The van der Waals surface area contributed by atoms with E-state index < -0.39 is 0 Å². The molecule has 1 aromatic carbocycles. The summed E-state index contributed by atoms with van der Waals surface area (Å²) in [4.78, 5) is 16.5. The van der Waals surface area contributed by atoms with Crippen LogP contribution in [0, 0.1) is 0 Å². The predicted molar refractivity (Wildman–Crippen MR) is 101 cm³/mol. The SMILES string of the molecule is COc1ccc(CC(=O)Nc2nc(-c3cc(Cl)sc3Cl)cs2)cc1. The van der Waals surface area contributed by atoms with E-state index in [1.807, 2.05) is 29.6 Å². The molecule has 3 aromatic rings. The van der Waals surface area contributed by atoms with Crippen LogP contribution in [0.3, 0.4) is 0 Å². The van der Waals surface area contributed by atoms with Gasteiger partial charge >= 0.3 is 0 Å². The molecule has 0 unspecified atom stereocenters. The number of halogens is 2. The normalized spacial score (nSPS) is 10.6. The number of hydrogen-bond donors (Lipinski definition) is 1. The van der Waals surface area contributed by atoms with E-state index in [0.29, 0.717) is 19.5 Å². The highest BCUT2D eigenvalue weighted by atomic mass is 35.5. The zero-order valence-corrected chi connectivity index (χ0v) is 15.7. The minimum atomic E-state index is -0.129. The van der Waals surface area contributed by atoms with Crippen molar-refractivity contribution in [2.75, 3.05) is 12.4 Å². The molecule has 0 aliphatic rings. The Kier molecular flexibility index (Phi) is 5.40. The lowest BCUT2D eigenvalue weighted by atomic mass is 10.1. The number of benzene rings is 1. The number of nitrogens with zero attached hydrogens (tertiary/aromatic N) is 1. The smallest absolute Gasteiger partial charge is 0.230 e. The van der Waals surface area contributed by atoms with Crippen LogP contribution in [0.2, 0.25) is 8.67 Å². The van der Waals surface area contributed by atoms with Crippen LogP contribution in [0.1, 0.15) is 5.56 Å². The first-order valence-corrected chi connectivity index (χ1v) is 9.34. The maximum Gasteiger partial charge on any atom is 0.230 e. The first-order chi connectivity index (χ1) is 11.5. The number of aromatic nitrogens is 1. The van der Waals surface area contributed by atoms with Gasteiger partial charge in [0.05, 0.1) is 23.6 Å². The van der Waals surface area contributed by atoms with Crippen LogP contribution in [0.5, 0.6) is 5.75 Å². The third-order valence-electron chi connectivity index (χ3n) is 3.21. The molecular weight excluding hydrogens is 387 g/mol. The summed E-state index contributed by atoms with van der Waals surface area (Å²) >= 11 is 14.7. The van der Waals surface area contributed by atoms with Gasteiger partial charge in [-0.25, -0.2) is 4.98 Å². The number of anilines is 1. The van der Waals surface area contributed by atoms with Gasteiger partial charge in [0.15, 0.2) is 5.13 Å². The zero-order valence-electron chi connectivity index (χ0n) is 12.5. The topological polar surface area (TPSA) is 51.2 Å². The summed E-state index contributed by atoms with van der Waals surface area (Å²) in [5, 5.41) is 5.17. The molecule has 8 heteroatoms. The van der Waals surface area contributed by atoms with Crippen molar-refractivity contribution >= 4 is 56.9 Å². The van der Waals surface area contributed by atoms with Crippen molar-refractivity contribution in [3.8, 4) is 17.0 Å². The van der Waals surface area contributed by atoms with Gasteiger partial charge in [-0.15, -0.1) is 22.7 Å². The van der Waals surface area contributed by atoms with Crippen LogP contribution in [0.4, 0.5) is 5.13 Å². The monoisotopic (exact) mass is 398 g/mol. The van der Waals surface area contributed by atoms with Crippen molar-refractivity contribution in [2.24, 2.45) is 0 Å². The Hall–Kier alpha value is -1.60. The average molecular weight is 399 g/mol. The predicted octanol–water partition coefficient (Wildman–Crippen LogP) is 5.37. The Morgan fingerprint density at radius 3 is 2.67 bits per heavy atom. The van der Waals surface area contributed by atoms with Crippen LogP contribution in [-0.2, 0) is 11.2 Å². The van der Waals surface area contributed by atoms with Crippen LogP contribution in [0.25, 0.3) is 11.3 Å². The van der Waals surface area contributed by atoms with Gasteiger partial charge in [-0.05, 0) is 23.8 Å². The van der Waals surface area contributed by atoms with Gasteiger partial charge in [0.2, 0.25) is 5.91 Å². The van der Waals surface area contributed by atoms with E-state index in [9.17, 15) is 4.79 Å². The van der Waals surface area contributed by atoms with E-state index in [-0.39, 0.29) is 12.3 Å². The molecule has 0 aliphatic carbocycles. The number of nitrogens with one attached hydrogen (secondary N) is 1. The van der Waals surface area contributed by atoms with Gasteiger partial charge in [0.25, 0.3) is 0 Å². The first-order valence-electron chi connectivity index (χ1n) is 6.88. The molecule has 0 atom stereocenters. The number of methoxy groups -OCH3 is 1. The molecule has 1 amide bonds. The van der Waals surface area contributed by atoms with Crippen LogP contribution in [0.15, 0.2) is 35.7 Å². The molecule has 4 nitrogen and oxygen atoms in total. The third kappa shape index (κ3) is 4.08. The number of amides is 1. The quantitative estimate of drug-likeness (QED) is 0.628. The van der Waals surface area contributed by atoms with E-state index in [2.05, 4.69) is 10.3 Å². The maximum absolute atomic E-state index is 12.1. The molecule has 2 heterocycles. The van der Waals surface area contributed by atoms with Crippen molar-refractivity contribution in [1.82, 2.24) is 4.98 Å². The van der Waals surface area contributed by atoms with Gasteiger partial charge in [0, 0.05) is 10.9 Å². The van der Waals surface area contributed by atoms with Crippen molar-refractivity contribution < 1.29 is 9.53 Å². The van der Waals surface area contributed by atoms with Crippen molar-refractivity contribution in [2.45, 2.75) is 6.42 Å². The molecule has 0 radical (unpaired) electrons. The second-order valence-electron chi connectivity index (χ2n) is 4.85. The van der Waals surface area contributed by atoms with Crippen LogP contribution < -0.4 is 10.1 Å². The van der Waals surface area contributed by atoms with Gasteiger partial charge in [-0.1, -0.05) is 35.3 Å². The van der Waals surface area contributed by atoms with Gasteiger partial charge in [-0.2, -0.15) is 0 Å². The van der Waals surface area contributed by atoms with Gasteiger partial charge in [-0.3, -0.25) is 4.79 Å². The maximum atomic E-state index is 12.1. The second-order valence-corrected chi connectivity index (χ2v) is 7.99. The number of thiophene rings is 1. The highest BCUT2D eigenvalue weighted by Gasteiger charge is 2.13. The van der Waals surface area contributed by atoms with Crippen molar-refractivity contribution in [1.29, 1.82) is 0 Å². The fourth-order valence-electron chi connectivity index (χ4n) is 2.06. The number of rotatable bonds is 5. The van der Waals surface area contributed by atoms with Crippen molar-refractivity contribution in [3.05, 3.63) is 49.9 Å². The summed E-state index contributed by atoms with van der Waals surface area (Å²) in [6.45, 7) is 0. The lowest BCUT2D eigenvalue weighted by Gasteiger charge is -2.03. The minimum Gasteiger partial charge on any atom is -0.497 e. The number of thiazole rings is 1. The Morgan fingerprint density at radius 2 is 2.04 bits per heavy atom. The molecule has 0 bridgehead atoms. The van der Waals surface area contributed by atoms with E-state index in [1.54, 1.807) is 13.2 Å². The highest BCUT2D eigenvalue weighted by Crippen LogP contribution is 2.38. The Labute approximate surface area is 157 Å². The average Bonchev–Trinajstić information content (AvgIpc) is 3.14. The number of ether oxygens (including phenoxy) is 1. The molecule has 0 saturated heterocycles. The molecule has 2 aromatic heterocycles.